The van der Waals surface area contributed by atoms with E-state index in [1.165, 1.54) is 11.1 Å². The molecule has 0 heterocycles. The fourth-order valence-corrected chi connectivity index (χ4v) is 2.40. The van der Waals surface area contributed by atoms with Crippen molar-refractivity contribution in [1.82, 2.24) is 5.32 Å². The Hall–Kier alpha value is -1.00. The number of aliphatic hydroxyl groups excluding tert-OH is 1. The number of amides is 1. The topological polar surface area (TPSA) is 49.3 Å². The lowest BCUT2D eigenvalue weighted by atomic mass is 10.2. The van der Waals surface area contributed by atoms with Gasteiger partial charge in [0, 0.05) is 5.75 Å². The summed E-state index contributed by atoms with van der Waals surface area (Å²) in [6, 6.07) is 8.18. The third kappa shape index (κ3) is 5.56. The molecular weight excluding hydrogens is 246 g/mol. The van der Waals surface area contributed by atoms with Crippen LogP contribution < -0.4 is 5.32 Å². The van der Waals surface area contributed by atoms with E-state index in [1.54, 1.807) is 11.8 Å². The van der Waals surface area contributed by atoms with Gasteiger partial charge in [-0.2, -0.15) is 0 Å². The molecule has 1 amide bonds. The van der Waals surface area contributed by atoms with Crippen LogP contribution in [0.3, 0.4) is 0 Å². The average Bonchev–Trinajstić information content (AvgIpc) is 2.36. The van der Waals surface area contributed by atoms with E-state index in [1.807, 2.05) is 13.0 Å². The lowest BCUT2D eigenvalue weighted by Gasteiger charge is -2.13. The summed E-state index contributed by atoms with van der Waals surface area (Å²) in [4.78, 5) is 11.6. The highest BCUT2D eigenvalue weighted by Gasteiger charge is 2.08. The van der Waals surface area contributed by atoms with E-state index in [-0.39, 0.29) is 18.6 Å². The van der Waals surface area contributed by atoms with E-state index in [4.69, 9.17) is 5.11 Å². The van der Waals surface area contributed by atoms with Gasteiger partial charge in [0.05, 0.1) is 18.4 Å². The minimum absolute atomic E-state index is 0.00475. The highest BCUT2D eigenvalue weighted by atomic mass is 32.2. The normalized spacial score (nSPS) is 12.2. The molecule has 0 aliphatic rings. The lowest BCUT2D eigenvalue weighted by molar-refractivity contribution is -0.119. The van der Waals surface area contributed by atoms with Crippen LogP contribution in [0.5, 0.6) is 0 Å². The van der Waals surface area contributed by atoms with E-state index in [2.05, 4.69) is 30.4 Å². The second-order valence-corrected chi connectivity index (χ2v) is 5.32. The summed E-state index contributed by atoms with van der Waals surface area (Å²) in [5.74, 6) is 1.27. The number of aliphatic hydroxyl groups is 1. The molecule has 1 aromatic rings. The Balaban J connectivity index is 2.27. The predicted molar refractivity (Wildman–Crippen MR) is 76.6 cm³/mol. The number of nitrogens with one attached hydrogen (secondary N) is 1. The number of aryl methyl sites for hydroxylation is 1. The molecule has 2 N–H and O–H groups in total. The quantitative estimate of drug-likeness (QED) is 0.795. The molecule has 0 saturated heterocycles. The Morgan fingerprint density at radius 1 is 1.50 bits per heavy atom. The first kappa shape index (κ1) is 15.1. The van der Waals surface area contributed by atoms with Crippen molar-refractivity contribution in [3.8, 4) is 0 Å². The molecule has 3 nitrogen and oxygen atoms in total. The molecule has 0 spiro atoms. The van der Waals surface area contributed by atoms with Crippen LogP contribution in [0, 0.1) is 6.92 Å². The van der Waals surface area contributed by atoms with Crippen LogP contribution in [-0.2, 0) is 10.5 Å². The van der Waals surface area contributed by atoms with Crippen LogP contribution in [0.2, 0.25) is 0 Å². The van der Waals surface area contributed by atoms with Gasteiger partial charge >= 0.3 is 0 Å². The first-order chi connectivity index (χ1) is 8.65. The van der Waals surface area contributed by atoms with Gasteiger partial charge in [0.25, 0.3) is 0 Å². The fourth-order valence-electron chi connectivity index (χ4n) is 1.61. The summed E-state index contributed by atoms with van der Waals surface area (Å²) in [6.45, 7) is 4.01. The Bertz CT molecular complexity index is 378. The summed E-state index contributed by atoms with van der Waals surface area (Å²) in [5.41, 5.74) is 2.48. The molecule has 0 aromatic heterocycles. The number of thioether (sulfide) groups is 1. The van der Waals surface area contributed by atoms with Gasteiger partial charge in [-0.15, -0.1) is 11.8 Å². The summed E-state index contributed by atoms with van der Waals surface area (Å²) in [7, 11) is 0. The van der Waals surface area contributed by atoms with Gasteiger partial charge in [-0.25, -0.2) is 0 Å². The summed E-state index contributed by atoms with van der Waals surface area (Å²) in [5, 5.41) is 11.8. The van der Waals surface area contributed by atoms with Crippen LogP contribution >= 0.6 is 11.8 Å². The summed E-state index contributed by atoms with van der Waals surface area (Å²) >= 11 is 1.59. The monoisotopic (exact) mass is 267 g/mol. The summed E-state index contributed by atoms with van der Waals surface area (Å²) < 4.78 is 0. The molecule has 1 rings (SSSR count). The van der Waals surface area contributed by atoms with Crippen LogP contribution in [0.25, 0.3) is 0 Å². The molecule has 0 unspecified atom stereocenters. The van der Waals surface area contributed by atoms with E-state index >= 15 is 0 Å². The number of benzene rings is 1. The van der Waals surface area contributed by atoms with E-state index in [9.17, 15) is 4.79 Å². The van der Waals surface area contributed by atoms with Crippen LogP contribution in [0.4, 0.5) is 0 Å². The van der Waals surface area contributed by atoms with Gasteiger partial charge in [-0.1, -0.05) is 36.8 Å². The minimum Gasteiger partial charge on any atom is -0.394 e. The maximum absolute atomic E-state index is 11.6. The predicted octanol–water partition coefficient (Wildman–Crippen LogP) is 2.12. The standard InChI is InChI=1S/C14H21NO2S/c1-3-13(8-16)15-14(17)10-18-9-12-6-4-5-11(2)7-12/h4-7,13,16H,3,8-10H2,1-2H3,(H,15,17)/t13-/m1/s1. The van der Waals surface area contributed by atoms with Crippen molar-refractivity contribution in [2.75, 3.05) is 12.4 Å². The summed E-state index contributed by atoms with van der Waals surface area (Å²) in [6.07, 6.45) is 0.755. The molecule has 1 atom stereocenters. The van der Waals surface area contributed by atoms with E-state index < -0.39 is 0 Å². The molecule has 0 saturated carbocycles. The highest BCUT2D eigenvalue weighted by molar-refractivity contribution is 7.99. The molecule has 4 heteroatoms. The Labute approximate surface area is 113 Å². The zero-order valence-corrected chi connectivity index (χ0v) is 11.8. The Kier molecular flexibility index (Phi) is 6.83. The van der Waals surface area contributed by atoms with Gasteiger partial charge in [0.15, 0.2) is 0 Å². The Morgan fingerprint density at radius 2 is 2.28 bits per heavy atom. The SMILES string of the molecule is CC[C@H](CO)NC(=O)CSCc1cccc(C)c1. The number of hydrogen-bond acceptors (Lipinski definition) is 3. The Morgan fingerprint density at radius 3 is 2.89 bits per heavy atom. The van der Waals surface area contributed by atoms with Crippen molar-refractivity contribution >= 4 is 17.7 Å². The van der Waals surface area contributed by atoms with Crippen LogP contribution in [0.15, 0.2) is 24.3 Å². The van der Waals surface area contributed by atoms with Crippen molar-refractivity contribution in [3.63, 3.8) is 0 Å². The molecule has 1 aromatic carbocycles. The van der Waals surface area contributed by atoms with Crippen molar-refractivity contribution in [2.24, 2.45) is 0 Å². The first-order valence-electron chi connectivity index (χ1n) is 6.19. The molecule has 0 aliphatic heterocycles. The van der Waals surface area contributed by atoms with Crippen molar-refractivity contribution < 1.29 is 9.90 Å². The molecule has 100 valence electrons. The van der Waals surface area contributed by atoms with Gasteiger partial charge in [0.2, 0.25) is 5.91 Å². The van der Waals surface area contributed by atoms with Crippen LogP contribution in [-0.4, -0.2) is 29.4 Å². The fraction of sp³-hybridized carbons (Fsp3) is 0.500. The minimum atomic E-state index is -0.114. The number of carbonyl (C=O) groups is 1. The van der Waals surface area contributed by atoms with Crippen molar-refractivity contribution in [2.45, 2.75) is 32.1 Å². The molecule has 0 radical (unpaired) electrons. The van der Waals surface area contributed by atoms with E-state index in [0.29, 0.717) is 5.75 Å². The molecular formula is C14H21NO2S. The second kappa shape index (κ2) is 8.16. The van der Waals surface area contributed by atoms with Gasteiger partial charge in [-0.3, -0.25) is 4.79 Å². The molecule has 0 bridgehead atoms. The van der Waals surface area contributed by atoms with E-state index in [0.717, 1.165) is 12.2 Å². The van der Waals surface area contributed by atoms with Crippen molar-refractivity contribution in [3.05, 3.63) is 35.4 Å². The zero-order chi connectivity index (χ0) is 13.4. The third-order valence-corrected chi connectivity index (χ3v) is 3.67. The zero-order valence-electron chi connectivity index (χ0n) is 11.0. The van der Waals surface area contributed by atoms with Gasteiger partial charge in [-0.05, 0) is 18.9 Å². The van der Waals surface area contributed by atoms with Gasteiger partial charge < -0.3 is 10.4 Å². The smallest absolute Gasteiger partial charge is 0.230 e. The third-order valence-electron chi connectivity index (χ3n) is 2.66. The maximum atomic E-state index is 11.6. The number of hydrogen-bond donors (Lipinski definition) is 2. The lowest BCUT2D eigenvalue weighted by Crippen LogP contribution is -2.37. The largest absolute Gasteiger partial charge is 0.394 e. The van der Waals surface area contributed by atoms with Gasteiger partial charge in [0.1, 0.15) is 0 Å². The average molecular weight is 267 g/mol. The first-order valence-corrected chi connectivity index (χ1v) is 7.34. The number of carbonyl (C=O) groups excluding carboxylic acids is 1. The van der Waals surface area contributed by atoms with Crippen LogP contribution in [0.1, 0.15) is 24.5 Å². The van der Waals surface area contributed by atoms with Crippen molar-refractivity contribution in [1.29, 1.82) is 0 Å². The maximum Gasteiger partial charge on any atom is 0.230 e. The molecule has 18 heavy (non-hydrogen) atoms. The number of rotatable bonds is 7. The molecule has 0 aliphatic carbocycles. The second-order valence-electron chi connectivity index (χ2n) is 4.34. The highest BCUT2D eigenvalue weighted by Crippen LogP contribution is 2.13. The molecule has 0 fully saturated rings.